The SMILES string of the molecule is COc1ccc(OCCCN(C)CC(C)C(=O)O)cc1. The molecule has 0 fully saturated rings. The average Bonchev–Trinajstić information content (AvgIpc) is 2.44. The molecular formula is C15H23NO4. The van der Waals surface area contributed by atoms with Gasteiger partial charge < -0.3 is 19.5 Å². The first kappa shape index (κ1) is 16.3. The molecule has 112 valence electrons. The monoisotopic (exact) mass is 281 g/mol. The molecular weight excluding hydrogens is 258 g/mol. The summed E-state index contributed by atoms with van der Waals surface area (Å²) in [6, 6.07) is 7.45. The van der Waals surface area contributed by atoms with E-state index in [1.54, 1.807) is 14.0 Å². The standard InChI is InChI=1S/C15H23NO4/c1-12(15(17)18)11-16(2)9-4-10-20-14-7-5-13(19-3)6-8-14/h5-8,12H,4,9-11H2,1-3H3,(H,17,18). The van der Waals surface area contributed by atoms with E-state index < -0.39 is 5.97 Å². The molecule has 0 amide bonds. The molecule has 20 heavy (non-hydrogen) atoms. The highest BCUT2D eigenvalue weighted by Gasteiger charge is 2.12. The van der Waals surface area contributed by atoms with Gasteiger partial charge in [-0.3, -0.25) is 4.79 Å². The van der Waals surface area contributed by atoms with Crippen molar-refractivity contribution in [3.05, 3.63) is 24.3 Å². The first-order chi connectivity index (χ1) is 9.52. The van der Waals surface area contributed by atoms with Gasteiger partial charge in [-0.1, -0.05) is 6.92 Å². The summed E-state index contributed by atoms with van der Waals surface area (Å²) < 4.78 is 10.7. The summed E-state index contributed by atoms with van der Waals surface area (Å²) in [6.45, 7) is 3.69. The first-order valence-electron chi connectivity index (χ1n) is 6.71. The van der Waals surface area contributed by atoms with Crippen LogP contribution >= 0.6 is 0 Å². The van der Waals surface area contributed by atoms with Crippen molar-refractivity contribution in [3.63, 3.8) is 0 Å². The topological polar surface area (TPSA) is 59.0 Å². The molecule has 0 spiro atoms. The van der Waals surface area contributed by atoms with Crippen molar-refractivity contribution in [2.45, 2.75) is 13.3 Å². The minimum atomic E-state index is -0.758. The van der Waals surface area contributed by atoms with Gasteiger partial charge in [0, 0.05) is 13.1 Å². The number of hydrogen-bond donors (Lipinski definition) is 1. The Morgan fingerprint density at radius 3 is 2.45 bits per heavy atom. The predicted molar refractivity (Wildman–Crippen MR) is 77.4 cm³/mol. The summed E-state index contributed by atoms with van der Waals surface area (Å²) in [5, 5.41) is 8.83. The first-order valence-corrected chi connectivity index (χ1v) is 6.71. The lowest BCUT2D eigenvalue weighted by Gasteiger charge is -2.18. The van der Waals surface area contributed by atoms with Gasteiger partial charge in [-0.05, 0) is 37.7 Å². The quantitative estimate of drug-likeness (QED) is 0.703. The summed E-state index contributed by atoms with van der Waals surface area (Å²) in [5.74, 6) is 0.515. The Balaban J connectivity index is 2.19. The molecule has 0 aliphatic rings. The highest BCUT2D eigenvalue weighted by Crippen LogP contribution is 2.17. The maximum atomic E-state index is 10.7. The van der Waals surface area contributed by atoms with Gasteiger partial charge in [0.1, 0.15) is 11.5 Å². The lowest BCUT2D eigenvalue weighted by Crippen LogP contribution is -2.30. The van der Waals surface area contributed by atoms with Crippen molar-refractivity contribution in [1.82, 2.24) is 4.90 Å². The summed E-state index contributed by atoms with van der Waals surface area (Å²) in [6.07, 6.45) is 0.856. The second kappa shape index (κ2) is 8.43. The molecule has 5 heteroatoms. The van der Waals surface area contributed by atoms with Crippen molar-refractivity contribution in [1.29, 1.82) is 0 Å². The second-order valence-corrected chi connectivity index (χ2v) is 4.88. The molecule has 1 atom stereocenters. The maximum Gasteiger partial charge on any atom is 0.307 e. The summed E-state index contributed by atoms with van der Waals surface area (Å²) in [7, 11) is 3.55. The zero-order chi connectivity index (χ0) is 15.0. The summed E-state index contributed by atoms with van der Waals surface area (Å²) in [5.41, 5.74) is 0. The number of carboxylic acid groups (broad SMARTS) is 1. The van der Waals surface area contributed by atoms with Crippen LogP contribution in [0.15, 0.2) is 24.3 Å². The number of nitrogens with zero attached hydrogens (tertiary/aromatic N) is 1. The fourth-order valence-electron chi connectivity index (χ4n) is 1.83. The Labute approximate surface area is 120 Å². The Morgan fingerprint density at radius 2 is 1.90 bits per heavy atom. The number of carbonyl (C=O) groups is 1. The van der Waals surface area contributed by atoms with Crippen LogP contribution in [0.3, 0.4) is 0 Å². The van der Waals surface area contributed by atoms with Crippen LogP contribution in [0, 0.1) is 5.92 Å². The molecule has 1 unspecified atom stereocenters. The van der Waals surface area contributed by atoms with E-state index in [1.165, 1.54) is 0 Å². The highest BCUT2D eigenvalue weighted by atomic mass is 16.5. The van der Waals surface area contributed by atoms with E-state index >= 15 is 0 Å². The van der Waals surface area contributed by atoms with Crippen LogP contribution in [0.2, 0.25) is 0 Å². The van der Waals surface area contributed by atoms with Crippen LogP contribution in [0.5, 0.6) is 11.5 Å². The normalized spacial score (nSPS) is 12.2. The van der Waals surface area contributed by atoms with Crippen molar-refractivity contribution in [2.24, 2.45) is 5.92 Å². The van der Waals surface area contributed by atoms with E-state index in [0.29, 0.717) is 13.2 Å². The number of hydrogen-bond acceptors (Lipinski definition) is 4. The molecule has 0 saturated heterocycles. The van der Waals surface area contributed by atoms with E-state index in [9.17, 15) is 4.79 Å². The van der Waals surface area contributed by atoms with E-state index in [0.717, 1.165) is 24.5 Å². The van der Waals surface area contributed by atoms with E-state index in [4.69, 9.17) is 14.6 Å². The Hall–Kier alpha value is -1.75. The summed E-state index contributed by atoms with van der Waals surface area (Å²) in [4.78, 5) is 12.8. The highest BCUT2D eigenvalue weighted by molar-refractivity contribution is 5.69. The molecule has 0 aliphatic heterocycles. The van der Waals surface area contributed by atoms with Gasteiger partial charge in [0.05, 0.1) is 19.6 Å². The van der Waals surface area contributed by atoms with Crippen molar-refractivity contribution >= 4 is 5.97 Å². The van der Waals surface area contributed by atoms with Gasteiger partial charge in [0.2, 0.25) is 0 Å². The fraction of sp³-hybridized carbons (Fsp3) is 0.533. The van der Waals surface area contributed by atoms with Gasteiger partial charge in [0.25, 0.3) is 0 Å². The van der Waals surface area contributed by atoms with E-state index in [-0.39, 0.29) is 5.92 Å². The van der Waals surface area contributed by atoms with Crippen LogP contribution in [-0.4, -0.2) is 49.8 Å². The van der Waals surface area contributed by atoms with Crippen molar-refractivity contribution in [2.75, 3.05) is 33.9 Å². The van der Waals surface area contributed by atoms with Crippen molar-refractivity contribution in [3.8, 4) is 11.5 Å². The number of carboxylic acids is 1. The Bertz CT molecular complexity index is 405. The third kappa shape index (κ3) is 5.93. The lowest BCUT2D eigenvalue weighted by atomic mass is 10.2. The third-order valence-corrected chi connectivity index (χ3v) is 3.02. The zero-order valence-corrected chi connectivity index (χ0v) is 12.3. The molecule has 1 aromatic carbocycles. The van der Waals surface area contributed by atoms with Gasteiger partial charge in [-0.25, -0.2) is 0 Å². The zero-order valence-electron chi connectivity index (χ0n) is 12.3. The van der Waals surface area contributed by atoms with Crippen LogP contribution < -0.4 is 9.47 Å². The molecule has 1 rings (SSSR count). The average molecular weight is 281 g/mol. The number of benzene rings is 1. The number of methoxy groups -OCH3 is 1. The molecule has 0 radical (unpaired) electrons. The predicted octanol–water partition coefficient (Wildman–Crippen LogP) is 2.12. The molecule has 0 bridgehead atoms. The van der Waals surface area contributed by atoms with Crippen LogP contribution in [0.1, 0.15) is 13.3 Å². The molecule has 0 aromatic heterocycles. The minimum Gasteiger partial charge on any atom is -0.497 e. The van der Waals surface area contributed by atoms with Crippen molar-refractivity contribution < 1.29 is 19.4 Å². The number of aliphatic carboxylic acids is 1. The third-order valence-electron chi connectivity index (χ3n) is 3.02. The molecule has 5 nitrogen and oxygen atoms in total. The van der Waals surface area contributed by atoms with E-state index in [2.05, 4.69) is 0 Å². The Morgan fingerprint density at radius 1 is 1.30 bits per heavy atom. The van der Waals surface area contributed by atoms with E-state index in [1.807, 2.05) is 36.2 Å². The molecule has 0 heterocycles. The molecule has 1 N–H and O–H groups in total. The Kier molecular flexibility index (Phi) is 6.87. The van der Waals surface area contributed by atoms with Crippen LogP contribution in [0.4, 0.5) is 0 Å². The minimum absolute atomic E-state index is 0.345. The number of ether oxygens (including phenoxy) is 2. The maximum absolute atomic E-state index is 10.7. The molecule has 0 saturated carbocycles. The van der Waals surface area contributed by atoms with Crippen LogP contribution in [0.25, 0.3) is 0 Å². The summed E-state index contributed by atoms with van der Waals surface area (Å²) >= 11 is 0. The lowest BCUT2D eigenvalue weighted by molar-refractivity contribution is -0.141. The van der Waals surface area contributed by atoms with Gasteiger partial charge in [-0.2, -0.15) is 0 Å². The second-order valence-electron chi connectivity index (χ2n) is 4.88. The van der Waals surface area contributed by atoms with Gasteiger partial charge in [-0.15, -0.1) is 0 Å². The smallest absolute Gasteiger partial charge is 0.307 e. The van der Waals surface area contributed by atoms with Crippen LogP contribution in [-0.2, 0) is 4.79 Å². The number of rotatable bonds is 9. The largest absolute Gasteiger partial charge is 0.497 e. The molecule has 1 aromatic rings. The van der Waals surface area contributed by atoms with Gasteiger partial charge in [0.15, 0.2) is 0 Å². The fourth-order valence-corrected chi connectivity index (χ4v) is 1.83. The molecule has 0 aliphatic carbocycles. The van der Waals surface area contributed by atoms with Gasteiger partial charge >= 0.3 is 5.97 Å².